The Morgan fingerprint density at radius 2 is 2.06 bits per heavy atom. The largest absolute Gasteiger partial charge is 0.477 e. The van der Waals surface area contributed by atoms with Gasteiger partial charge in [0.1, 0.15) is 11.6 Å². The fraction of sp³-hybridized carbons (Fsp3) is 0.480. The zero-order valence-corrected chi connectivity index (χ0v) is 20.5. The molecule has 0 spiro atoms. The summed E-state index contributed by atoms with van der Waals surface area (Å²) in [6, 6.07) is 8.48. The number of hydrogen-bond acceptors (Lipinski definition) is 7. The molecule has 0 N–H and O–H groups in total. The van der Waals surface area contributed by atoms with Crippen LogP contribution in [-0.2, 0) is 4.79 Å². The lowest BCUT2D eigenvalue weighted by Gasteiger charge is -2.37. The van der Waals surface area contributed by atoms with Crippen LogP contribution in [0.1, 0.15) is 24.0 Å². The molecule has 0 atom stereocenters. The molecular weight excluding hydrogens is 434 g/mol. The lowest BCUT2D eigenvalue weighted by atomic mass is 10.0. The number of piperazine rings is 1. The van der Waals surface area contributed by atoms with E-state index >= 15 is 0 Å². The van der Waals surface area contributed by atoms with E-state index in [0.29, 0.717) is 44.2 Å². The first-order chi connectivity index (χ1) is 16.0. The maximum atomic E-state index is 12.8. The summed E-state index contributed by atoms with van der Waals surface area (Å²) in [4.78, 5) is 24.6. The molecule has 2 aliphatic heterocycles. The number of amides is 1. The number of thioether (sulfide) groups is 1. The van der Waals surface area contributed by atoms with E-state index in [1.807, 2.05) is 44.1 Å². The predicted molar refractivity (Wildman–Crippen MR) is 134 cm³/mol. The first kappa shape index (κ1) is 23.4. The van der Waals surface area contributed by atoms with Crippen molar-refractivity contribution < 1.29 is 9.53 Å². The minimum absolute atomic E-state index is 0.137. The average molecular weight is 466 g/mol. The second kappa shape index (κ2) is 10.4. The van der Waals surface area contributed by atoms with E-state index < -0.39 is 0 Å². The van der Waals surface area contributed by atoms with Crippen LogP contribution in [0.15, 0.2) is 29.2 Å². The normalized spacial score (nSPS) is 16.3. The van der Waals surface area contributed by atoms with Crippen LogP contribution in [0.4, 0.5) is 5.69 Å². The van der Waals surface area contributed by atoms with E-state index in [1.54, 1.807) is 11.8 Å². The van der Waals surface area contributed by atoms with E-state index in [2.05, 4.69) is 21.9 Å². The number of carbonyl (C=O) groups excluding carboxylic acids is 1. The number of benzene rings is 1. The number of ether oxygens (including phenoxy) is 1. The number of hydrogen-bond donors (Lipinski definition) is 0. The Bertz CT molecular complexity index is 1100. The van der Waals surface area contributed by atoms with Gasteiger partial charge in [-0.05, 0) is 46.0 Å². The number of nitriles is 1. The van der Waals surface area contributed by atoms with E-state index in [-0.39, 0.29) is 5.91 Å². The standard InChI is InChI=1S/C25H31N5O2S/c1-18-7-8-21-19(16-18)23(20(17-26)24(27-21)32-14-5-9-28(2)3)29-10-12-30(13-11-29)25(31)22-6-4-15-33-22/h6-8,16H,4-5,9-15H2,1-3H3. The highest BCUT2D eigenvalue weighted by atomic mass is 32.2. The van der Waals surface area contributed by atoms with Crippen molar-refractivity contribution in [3.05, 3.63) is 40.3 Å². The molecule has 1 aromatic carbocycles. The van der Waals surface area contributed by atoms with Crippen LogP contribution in [-0.4, -0.2) is 79.9 Å². The maximum Gasteiger partial charge on any atom is 0.260 e. The third-order valence-corrected chi connectivity index (χ3v) is 7.07. The predicted octanol–water partition coefficient (Wildman–Crippen LogP) is 3.41. The van der Waals surface area contributed by atoms with Crippen LogP contribution in [0.3, 0.4) is 0 Å². The molecule has 1 fully saturated rings. The van der Waals surface area contributed by atoms with Gasteiger partial charge in [0, 0.05) is 43.9 Å². The number of fused-ring (bicyclic) bond motifs is 1. The van der Waals surface area contributed by atoms with Crippen molar-refractivity contribution in [2.45, 2.75) is 19.8 Å². The molecule has 0 bridgehead atoms. The number of aryl methyl sites for hydroxylation is 1. The van der Waals surface area contributed by atoms with Gasteiger partial charge in [0.2, 0.25) is 5.88 Å². The SMILES string of the molecule is Cc1ccc2nc(OCCCN(C)C)c(C#N)c(N3CCN(C(=O)C4=CCCS4)CC3)c2c1. The van der Waals surface area contributed by atoms with E-state index in [1.165, 1.54) is 0 Å². The number of nitrogens with zero attached hydrogens (tertiary/aromatic N) is 5. The van der Waals surface area contributed by atoms with Crippen molar-refractivity contribution in [2.24, 2.45) is 0 Å². The third-order valence-electron chi connectivity index (χ3n) is 5.98. The molecule has 0 radical (unpaired) electrons. The fourth-order valence-electron chi connectivity index (χ4n) is 4.28. The molecular formula is C25H31N5O2S. The smallest absolute Gasteiger partial charge is 0.260 e. The number of pyridine rings is 1. The molecule has 4 rings (SSSR count). The second-order valence-electron chi connectivity index (χ2n) is 8.76. The third kappa shape index (κ3) is 5.26. The van der Waals surface area contributed by atoms with Crippen molar-refractivity contribution in [2.75, 3.05) is 64.1 Å². The minimum atomic E-state index is 0.137. The lowest BCUT2D eigenvalue weighted by molar-refractivity contribution is -0.126. The van der Waals surface area contributed by atoms with Gasteiger partial charge in [-0.3, -0.25) is 4.79 Å². The van der Waals surface area contributed by atoms with Crippen molar-refractivity contribution in [3.63, 3.8) is 0 Å². The van der Waals surface area contributed by atoms with Crippen LogP contribution in [0, 0.1) is 18.3 Å². The van der Waals surface area contributed by atoms with Crippen molar-refractivity contribution >= 4 is 34.3 Å². The summed E-state index contributed by atoms with van der Waals surface area (Å²) in [5.74, 6) is 1.53. The van der Waals surface area contributed by atoms with Crippen molar-refractivity contribution in [1.82, 2.24) is 14.8 Å². The maximum absolute atomic E-state index is 12.8. The summed E-state index contributed by atoms with van der Waals surface area (Å²) in [7, 11) is 4.06. The van der Waals surface area contributed by atoms with Gasteiger partial charge in [-0.1, -0.05) is 17.7 Å². The molecule has 174 valence electrons. The molecule has 0 unspecified atom stereocenters. The first-order valence-electron chi connectivity index (χ1n) is 11.5. The van der Waals surface area contributed by atoms with Crippen molar-refractivity contribution in [3.8, 4) is 11.9 Å². The Labute approximate surface area is 200 Å². The zero-order valence-electron chi connectivity index (χ0n) is 19.6. The Balaban J connectivity index is 1.60. The Morgan fingerprint density at radius 3 is 2.73 bits per heavy atom. The Hall–Kier alpha value is -2.76. The fourth-order valence-corrected chi connectivity index (χ4v) is 5.22. The zero-order chi connectivity index (χ0) is 23.4. The molecule has 3 heterocycles. The van der Waals surface area contributed by atoms with Gasteiger partial charge in [-0.15, -0.1) is 11.8 Å². The highest BCUT2D eigenvalue weighted by Crippen LogP contribution is 2.36. The Morgan fingerprint density at radius 1 is 1.27 bits per heavy atom. The van der Waals surface area contributed by atoms with Crippen molar-refractivity contribution in [1.29, 1.82) is 5.26 Å². The average Bonchev–Trinajstić information content (AvgIpc) is 3.35. The summed E-state index contributed by atoms with van der Waals surface area (Å²) in [6.45, 7) is 6.08. The van der Waals surface area contributed by atoms with Crippen LogP contribution < -0.4 is 9.64 Å². The number of allylic oxidation sites excluding steroid dienone is 1. The summed E-state index contributed by atoms with van der Waals surface area (Å²) < 4.78 is 6.01. The van der Waals surface area contributed by atoms with Gasteiger partial charge >= 0.3 is 0 Å². The summed E-state index contributed by atoms with van der Waals surface area (Å²) in [5.41, 5.74) is 3.29. The Kier molecular flexibility index (Phi) is 7.41. The molecule has 1 amide bonds. The lowest BCUT2D eigenvalue weighted by Crippen LogP contribution is -2.49. The molecule has 33 heavy (non-hydrogen) atoms. The molecule has 0 saturated carbocycles. The van der Waals surface area contributed by atoms with Crippen LogP contribution in [0.25, 0.3) is 10.9 Å². The van der Waals surface area contributed by atoms with E-state index in [4.69, 9.17) is 9.72 Å². The van der Waals surface area contributed by atoms with Gasteiger partial charge in [-0.25, -0.2) is 4.98 Å². The minimum Gasteiger partial charge on any atom is -0.477 e. The van der Waals surface area contributed by atoms with Gasteiger partial charge in [-0.2, -0.15) is 5.26 Å². The van der Waals surface area contributed by atoms with Gasteiger partial charge < -0.3 is 19.4 Å². The summed E-state index contributed by atoms with van der Waals surface area (Å²) in [5, 5.41) is 11.1. The number of anilines is 1. The molecule has 1 saturated heterocycles. The molecule has 0 aliphatic carbocycles. The topological polar surface area (TPSA) is 72.7 Å². The summed E-state index contributed by atoms with van der Waals surface area (Å²) in [6.07, 6.45) is 3.87. The highest BCUT2D eigenvalue weighted by Gasteiger charge is 2.28. The molecule has 1 aromatic heterocycles. The first-order valence-corrected chi connectivity index (χ1v) is 12.5. The van der Waals surface area contributed by atoms with Crippen LogP contribution >= 0.6 is 11.8 Å². The number of aromatic nitrogens is 1. The van der Waals surface area contributed by atoms with Crippen LogP contribution in [0.5, 0.6) is 5.88 Å². The summed E-state index contributed by atoms with van der Waals surface area (Å²) >= 11 is 1.65. The highest BCUT2D eigenvalue weighted by molar-refractivity contribution is 8.04. The molecule has 2 aliphatic rings. The quantitative estimate of drug-likeness (QED) is 0.580. The molecule has 8 heteroatoms. The second-order valence-corrected chi connectivity index (χ2v) is 9.90. The van der Waals surface area contributed by atoms with E-state index in [0.717, 1.165) is 52.2 Å². The van der Waals surface area contributed by atoms with E-state index in [9.17, 15) is 10.1 Å². The van der Waals surface area contributed by atoms with Crippen LogP contribution in [0.2, 0.25) is 0 Å². The number of rotatable bonds is 7. The van der Waals surface area contributed by atoms with Gasteiger partial charge in [0.15, 0.2) is 0 Å². The number of carbonyl (C=O) groups is 1. The molecule has 2 aromatic rings. The molecule has 7 nitrogen and oxygen atoms in total. The van der Waals surface area contributed by atoms with Gasteiger partial charge in [0.05, 0.1) is 22.7 Å². The van der Waals surface area contributed by atoms with Gasteiger partial charge in [0.25, 0.3) is 5.91 Å². The monoisotopic (exact) mass is 465 g/mol.